The first kappa shape index (κ1) is 28.3. The predicted octanol–water partition coefficient (Wildman–Crippen LogP) is 11.7. The first-order valence-corrected chi connectivity index (χ1v) is 16.9. The number of fused-ring (bicyclic) bond motifs is 6. The highest BCUT2D eigenvalue weighted by Gasteiger charge is 2.19. The Balaban J connectivity index is 1.21. The molecule has 0 N–H and O–H groups in total. The highest BCUT2D eigenvalue weighted by Crippen LogP contribution is 2.40. The maximum absolute atomic E-state index is 5.13. The zero-order valence-corrected chi connectivity index (χ0v) is 27.1. The van der Waals surface area contributed by atoms with E-state index in [0.29, 0.717) is 5.82 Å². The summed E-state index contributed by atoms with van der Waals surface area (Å²) in [6, 6.07) is 64.2. The summed E-state index contributed by atoms with van der Waals surface area (Å²) in [4.78, 5) is 10.3. The molecule has 3 heterocycles. The van der Waals surface area contributed by atoms with Crippen molar-refractivity contribution in [1.29, 1.82) is 0 Å². The quantitative estimate of drug-likeness (QED) is 0.188. The molecule has 0 bridgehead atoms. The lowest BCUT2D eigenvalue weighted by Gasteiger charge is -2.12. The van der Waals surface area contributed by atoms with Crippen LogP contribution in [-0.4, -0.2) is 19.1 Å². The Kier molecular flexibility index (Phi) is 6.46. The molecule has 234 valence electrons. The molecular formula is C46H30N4. The number of hydrogen-bond donors (Lipinski definition) is 0. The molecule has 0 saturated carbocycles. The molecule has 4 nitrogen and oxygen atoms in total. The molecule has 10 rings (SSSR count). The van der Waals surface area contributed by atoms with Crippen molar-refractivity contribution in [2.24, 2.45) is 0 Å². The molecule has 50 heavy (non-hydrogen) atoms. The Morgan fingerprint density at radius 1 is 0.300 bits per heavy atom. The van der Waals surface area contributed by atoms with E-state index in [0.717, 1.165) is 50.5 Å². The van der Waals surface area contributed by atoms with E-state index in [1.807, 2.05) is 12.1 Å². The van der Waals surface area contributed by atoms with Gasteiger partial charge in [-0.3, -0.25) is 0 Å². The molecule has 0 aliphatic rings. The molecule has 0 aliphatic heterocycles. The number of rotatable bonds is 5. The van der Waals surface area contributed by atoms with Crippen LogP contribution in [0.1, 0.15) is 0 Å². The van der Waals surface area contributed by atoms with Crippen LogP contribution in [-0.2, 0) is 0 Å². The van der Waals surface area contributed by atoms with Crippen LogP contribution in [0.4, 0.5) is 0 Å². The summed E-state index contributed by atoms with van der Waals surface area (Å²) in [6.07, 6.45) is 0. The van der Waals surface area contributed by atoms with E-state index in [1.54, 1.807) is 0 Å². The largest absolute Gasteiger partial charge is 0.309 e. The Morgan fingerprint density at radius 3 is 1.30 bits per heavy atom. The number of para-hydroxylation sites is 3. The van der Waals surface area contributed by atoms with Gasteiger partial charge in [-0.1, -0.05) is 127 Å². The van der Waals surface area contributed by atoms with Gasteiger partial charge in [0.05, 0.1) is 33.5 Å². The summed E-state index contributed by atoms with van der Waals surface area (Å²) in [5.41, 5.74) is 11.8. The van der Waals surface area contributed by atoms with E-state index in [1.165, 1.54) is 32.6 Å². The molecule has 0 unspecified atom stereocenters. The van der Waals surface area contributed by atoms with Crippen molar-refractivity contribution < 1.29 is 0 Å². The van der Waals surface area contributed by atoms with Crippen molar-refractivity contribution >= 4 is 43.6 Å². The number of nitrogens with zero attached hydrogens (tertiary/aromatic N) is 4. The predicted molar refractivity (Wildman–Crippen MR) is 207 cm³/mol. The van der Waals surface area contributed by atoms with E-state index < -0.39 is 0 Å². The fourth-order valence-corrected chi connectivity index (χ4v) is 7.44. The van der Waals surface area contributed by atoms with Crippen LogP contribution in [0.3, 0.4) is 0 Å². The van der Waals surface area contributed by atoms with Crippen LogP contribution in [0.2, 0.25) is 0 Å². The van der Waals surface area contributed by atoms with Gasteiger partial charge in [-0.15, -0.1) is 0 Å². The van der Waals surface area contributed by atoms with E-state index in [-0.39, 0.29) is 0 Å². The van der Waals surface area contributed by atoms with Crippen molar-refractivity contribution in [2.45, 2.75) is 0 Å². The number of benzene rings is 7. The SMILES string of the molecule is c1ccc(-c2cc(-c3ccccc3)nc(-c3cccc(-n4c5ccccc5c5cc6c(cc54)c4ccccc4n6-c4ccccc4)c3)n2)cc1. The van der Waals surface area contributed by atoms with E-state index in [2.05, 4.69) is 179 Å². The van der Waals surface area contributed by atoms with Crippen LogP contribution in [0.25, 0.3) is 88.9 Å². The summed E-state index contributed by atoms with van der Waals surface area (Å²) in [7, 11) is 0. The lowest BCUT2D eigenvalue weighted by molar-refractivity contribution is 1.16. The van der Waals surface area contributed by atoms with Crippen LogP contribution in [0.15, 0.2) is 182 Å². The molecule has 4 heteroatoms. The Bertz CT molecular complexity index is 2790. The molecule has 0 saturated heterocycles. The van der Waals surface area contributed by atoms with Gasteiger partial charge in [0.2, 0.25) is 0 Å². The third-order valence-electron chi connectivity index (χ3n) is 9.71. The molecule has 0 fully saturated rings. The van der Waals surface area contributed by atoms with Gasteiger partial charge in [0.1, 0.15) is 0 Å². The minimum atomic E-state index is 0.696. The Hall–Kier alpha value is -6.78. The van der Waals surface area contributed by atoms with E-state index >= 15 is 0 Å². The molecule has 0 atom stereocenters. The van der Waals surface area contributed by atoms with Crippen LogP contribution >= 0.6 is 0 Å². The zero-order chi connectivity index (χ0) is 33.0. The average molecular weight is 639 g/mol. The maximum Gasteiger partial charge on any atom is 0.160 e. The highest BCUT2D eigenvalue weighted by molar-refractivity contribution is 6.19. The maximum atomic E-state index is 5.13. The normalized spacial score (nSPS) is 11.6. The summed E-state index contributed by atoms with van der Waals surface area (Å²) in [5.74, 6) is 0.696. The molecule has 0 amide bonds. The summed E-state index contributed by atoms with van der Waals surface area (Å²) < 4.78 is 4.78. The summed E-state index contributed by atoms with van der Waals surface area (Å²) in [6.45, 7) is 0. The first-order valence-electron chi connectivity index (χ1n) is 16.9. The second-order valence-electron chi connectivity index (χ2n) is 12.7. The lowest BCUT2D eigenvalue weighted by atomic mass is 10.1. The van der Waals surface area contributed by atoms with Crippen LogP contribution < -0.4 is 0 Å². The van der Waals surface area contributed by atoms with Gasteiger partial charge < -0.3 is 9.13 Å². The molecule has 7 aromatic carbocycles. The second kappa shape index (κ2) is 11.4. The highest BCUT2D eigenvalue weighted by atomic mass is 15.0. The monoisotopic (exact) mass is 638 g/mol. The van der Waals surface area contributed by atoms with Crippen molar-refractivity contribution in [3.63, 3.8) is 0 Å². The topological polar surface area (TPSA) is 35.6 Å². The molecule has 0 aliphatic carbocycles. The molecular weight excluding hydrogens is 609 g/mol. The Morgan fingerprint density at radius 2 is 0.740 bits per heavy atom. The van der Waals surface area contributed by atoms with Gasteiger partial charge >= 0.3 is 0 Å². The van der Waals surface area contributed by atoms with Gasteiger partial charge in [0.15, 0.2) is 5.82 Å². The van der Waals surface area contributed by atoms with Gasteiger partial charge in [-0.05, 0) is 54.6 Å². The fourth-order valence-electron chi connectivity index (χ4n) is 7.44. The average Bonchev–Trinajstić information content (AvgIpc) is 3.70. The van der Waals surface area contributed by atoms with Gasteiger partial charge in [0, 0.05) is 49.6 Å². The third kappa shape index (κ3) is 4.54. The third-order valence-corrected chi connectivity index (χ3v) is 9.71. The van der Waals surface area contributed by atoms with Gasteiger partial charge in [-0.2, -0.15) is 0 Å². The minimum absolute atomic E-state index is 0.696. The molecule has 3 aromatic heterocycles. The number of aromatic nitrogens is 4. The smallest absolute Gasteiger partial charge is 0.160 e. The Labute approximate surface area is 289 Å². The molecule has 0 radical (unpaired) electrons. The minimum Gasteiger partial charge on any atom is -0.309 e. The van der Waals surface area contributed by atoms with Gasteiger partial charge in [0.25, 0.3) is 0 Å². The van der Waals surface area contributed by atoms with Crippen molar-refractivity contribution in [2.75, 3.05) is 0 Å². The molecule has 0 spiro atoms. The van der Waals surface area contributed by atoms with E-state index in [4.69, 9.17) is 9.97 Å². The van der Waals surface area contributed by atoms with Crippen molar-refractivity contribution in [3.05, 3.63) is 182 Å². The van der Waals surface area contributed by atoms with Gasteiger partial charge in [-0.25, -0.2) is 9.97 Å². The first-order chi connectivity index (χ1) is 24.8. The second-order valence-corrected chi connectivity index (χ2v) is 12.7. The zero-order valence-electron chi connectivity index (χ0n) is 27.1. The van der Waals surface area contributed by atoms with E-state index in [9.17, 15) is 0 Å². The fraction of sp³-hybridized carbons (Fsp3) is 0. The molecule has 10 aromatic rings. The van der Waals surface area contributed by atoms with Crippen LogP contribution in [0.5, 0.6) is 0 Å². The summed E-state index contributed by atoms with van der Waals surface area (Å²) >= 11 is 0. The van der Waals surface area contributed by atoms with Crippen LogP contribution in [0, 0.1) is 0 Å². The van der Waals surface area contributed by atoms with Crippen molar-refractivity contribution in [3.8, 4) is 45.3 Å². The standard InChI is InChI=1S/C46H30N4/c1-4-15-31(16-5-1)40-30-41(32-17-6-2-7-18-32)48-46(47-40)33-19-14-22-35(27-33)50-43-26-13-11-24-37(43)39-28-44-38(29-45(39)50)36-23-10-12-25-42(36)49(44)34-20-8-3-9-21-34/h1-30H. The number of hydrogen-bond acceptors (Lipinski definition) is 2. The van der Waals surface area contributed by atoms with Crippen molar-refractivity contribution in [1.82, 2.24) is 19.1 Å². The summed E-state index contributed by atoms with van der Waals surface area (Å²) in [5, 5.41) is 4.89. The lowest BCUT2D eigenvalue weighted by Crippen LogP contribution is -1.98.